The molecule has 0 fully saturated rings. The lowest BCUT2D eigenvalue weighted by molar-refractivity contribution is -0.120. The first-order chi connectivity index (χ1) is 5.22. The van der Waals surface area contributed by atoms with Crippen molar-refractivity contribution in [1.82, 2.24) is 0 Å². The van der Waals surface area contributed by atoms with Gasteiger partial charge in [0.2, 0.25) is 5.91 Å². The lowest BCUT2D eigenvalue weighted by Crippen LogP contribution is -2.21. The van der Waals surface area contributed by atoms with Crippen LogP contribution >= 0.6 is 0 Å². The fourth-order valence-electron chi connectivity index (χ4n) is 0.869. The molecular formula is C8H14N2O. The van der Waals surface area contributed by atoms with E-state index >= 15 is 0 Å². The molecule has 0 aliphatic carbocycles. The van der Waals surface area contributed by atoms with Crippen molar-refractivity contribution in [3.05, 3.63) is 0 Å². The van der Waals surface area contributed by atoms with Crippen LogP contribution < -0.4 is 5.73 Å². The van der Waals surface area contributed by atoms with Crippen molar-refractivity contribution in [2.75, 3.05) is 0 Å². The smallest absolute Gasteiger partial charge is 0.234 e. The zero-order valence-corrected chi connectivity index (χ0v) is 6.84. The highest BCUT2D eigenvalue weighted by Gasteiger charge is 2.12. The highest BCUT2D eigenvalue weighted by atomic mass is 16.1. The van der Waals surface area contributed by atoms with Crippen LogP contribution in [0.1, 0.15) is 32.6 Å². The Labute approximate surface area is 67.2 Å². The number of unbranched alkanes of at least 4 members (excludes halogenated alkanes) is 2. The Bertz CT molecular complexity index is 160. The topological polar surface area (TPSA) is 66.9 Å². The van der Waals surface area contributed by atoms with Crippen molar-refractivity contribution in [3.8, 4) is 6.07 Å². The SMILES string of the molecule is CCCCCC(C#N)C(N)=O. The van der Waals surface area contributed by atoms with Crippen LogP contribution in [0.25, 0.3) is 0 Å². The van der Waals surface area contributed by atoms with Gasteiger partial charge in [0.1, 0.15) is 5.92 Å². The van der Waals surface area contributed by atoms with Gasteiger partial charge in [0.25, 0.3) is 0 Å². The average Bonchev–Trinajstić information content (AvgIpc) is 1.97. The Morgan fingerprint density at radius 1 is 1.64 bits per heavy atom. The molecule has 0 saturated carbocycles. The van der Waals surface area contributed by atoms with Gasteiger partial charge in [-0.05, 0) is 6.42 Å². The molecule has 0 saturated heterocycles. The number of primary amides is 1. The second-order valence-electron chi connectivity index (χ2n) is 2.58. The minimum atomic E-state index is -0.582. The van der Waals surface area contributed by atoms with E-state index in [1.165, 1.54) is 0 Å². The molecule has 11 heavy (non-hydrogen) atoms. The first kappa shape index (κ1) is 9.96. The summed E-state index contributed by atoms with van der Waals surface area (Å²) in [4.78, 5) is 10.5. The van der Waals surface area contributed by atoms with Crippen LogP contribution in [0.5, 0.6) is 0 Å². The molecule has 0 rings (SSSR count). The summed E-state index contributed by atoms with van der Waals surface area (Å²) in [6.07, 6.45) is 3.68. The molecule has 0 aliphatic heterocycles. The molecule has 3 nitrogen and oxygen atoms in total. The summed E-state index contributed by atoms with van der Waals surface area (Å²) in [6.45, 7) is 2.08. The Morgan fingerprint density at radius 2 is 2.27 bits per heavy atom. The number of carbonyl (C=O) groups excluding carboxylic acids is 1. The minimum Gasteiger partial charge on any atom is -0.369 e. The zero-order valence-electron chi connectivity index (χ0n) is 6.84. The number of nitrogens with zero attached hydrogens (tertiary/aromatic N) is 1. The van der Waals surface area contributed by atoms with E-state index in [-0.39, 0.29) is 0 Å². The highest BCUT2D eigenvalue weighted by Crippen LogP contribution is 2.07. The van der Waals surface area contributed by atoms with E-state index in [2.05, 4.69) is 6.92 Å². The predicted molar refractivity (Wildman–Crippen MR) is 42.4 cm³/mol. The van der Waals surface area contributed by atoms with E-state index in [1.807, 2.05) is 6.07 Å². The molecule has 1 unspecified atom stereocenters. The Morgan fingerprint density at radius 3 is 2.64 bits per heavy atom. The maximum absolute atomic E-state index is 10.5. The molecule has 3 heteroatoms. The third-order valence-corrected chi connectivity index (χ3v) is 1.60. The fraction of sp³-hybridized carbons (Fsp3) is 0.750. The van der Waals surface area contributed by atoms with Crippen molar-refractivity contribution in [1.29, 1.82) is 5.26 Å². The van der Waals surface area contributed by atoms with E-state index < -0.39 is 11.8 Å². The average molecular weight is 154 g/mol. The molecule has 0 radical (unpaired) electrons. The van der Waals surface area contributed by atoms with Gasteiger partial charge in [0.05, 0.1) is 6.07 Å². The largest absolute Gasteiger partial charge is 0.369 e. The summed E-state index contributed by atoms with van der Waals surface area (Å²) in [5, 5.41) is 8.44. The van der Waals surface area contributed by atoms with Gasteiger partial charge in [-0.3, -0.25) is 4.79 Å². The Hall–Kier alpha value is -1.04. The van der Waals surface area contributed by atoms with Gasteiger partial charge in [0.15, 0.2) is 0 Å². The van der Waals surface area contributed by atoms with E-state index in [1.54, 1.807) is 0 Å². The molecule has 2 N–H and O–H groups in total. The van der Waals surface area contributed by atoms with Crippen molar-refractivity contribution in [2.45, 2.75) is 32.6 Å². The molecule has 0 aromatic carbocycles. The number of hydrogen-bond donors (Lipinski definition) is 1. The third-order valence-electron chi connectivity index (χ3n) is 1.60. The molecule has 0 aromatic heterocycles. The molecule has 0 heterocycles. The first-order valence-electron chi connectivity index (χ1n) is 3.91. The zero-order chi connectivity index (χ0) is 8.69. The summed E-state index contributed by atoms with van der Waals surface area (Å²) in [5.41, 5.74) is 4.97. The summed E-state index contributed by atoms with van der Waals surface area (Å²) < 4.78 is 0. The quantitative estimate of drug-likeness (QED) is 0.604. The van der Waals surface area contributed by atoms with Gasteiger partial charge >= 0.3 is 0 Å². The molecule has 1 amide bonds. The monoisotopic (exact) mass is 154 g/mol. The molecule has 0 spiro atoms. The van der Waals surface area contributed by atoms with E-state index in [0.29, 0.717) is 6.42 Å². The summed E-state index contributed by atoms with van der Waals surface area (Å²) in [7, 11) is 0. The molecule has 0 aromatic rings. The maximum atomic E-state index is 10.5. The van der Waals surface area contributed by atoms with E-state index in [9.17, 15) is 4.79 Å². The predicted octanol–water partition coefficient (Wildman–Crippen LogP) is 1.19. The van der Waals surface area contributed by atoms with Crippen LogP contribution in [0.15, 0.2) is 0 Å². The van der Waals surface area contributed by atoms with E-state index in [4.69, 9.17) is 11.0 Å². The number of nitrogens with two attached hydrogens (primary N) is 1. The Balaban J connectivity index is 3.55. The summed E-state index contributed by atoms with van der Waals surface area (Å²) >= 11 is 0. The minimum absolute atomic E-state index is 0.497. The van der Waals surface area contributed by atoms with Gasteiger partial charge < -0.3 is 5.73 Å². The fourth-order valence-corrected chi connectivity index (χ4v) is 0.869. The van der Waals surface area contributed by atoms with Crippen molar-refractivity contribution in [2.24, 2.45) is 11.7 Å². The maximum Gasteiger partial charge on any atom is 0.234 e. The van der Waals surface area contributed by atoms with Crippen LogP contribution in [0.2, 0.25) is 0 Å². The standard InChI is InChI=1S/C8H14N2O/c1-2-3-4-5-7(6-9)8(10)11/h7H,2-5H2,1H3,(H2,10,11). The Kier molecular flexibility index (Phi) is 5.18. The van der Waals surface area contributed by atoms with Crippen LogP contribution in [0.4, 0.5) is 0 Å². The molecule has 1 atom stereocenters. The molecule has 0 aliphatic rings. The van der Waals surface area contributed by atoms with Gasteiger partial charge in [-0.2, -0.15) is 5.26 Å². The van der Waals surface area contributed by atoms with Gasteiger partial charge in [-0.1, -0.05) is 26.2 Å². The number of carbonyl (C=O) groups is 1. The molecular weight excluding hydrogens is 140 g/mol. The van der Waals surface area contributed by atoms with E-state index in [0.717, 1.165) is 19.3 Å². The second-order valence-corrected chi connectivity index (χ2v) is 2.58. The molecule has 0 bridgehead atoms. The summed E-state index contributed by atoms with van der Waals surface area (Å²) in [5.74, 6) is -1.08. The third kappa shape index (κ3) is 4.38. The van der Waals surface area contributed by atoms with Crippen LogP contribution in [-0.4, -0.2) is 5.91 Å². The number of amides is 1. The van der Waals surface area contributed by atoms with Crippen LogP contribution in [0, 0.1) is 17.2 Å². The lowest BCUT2D eigenvalue weighted by Gasteiger charge is -2.01. The van der Waals surface area contributed by atoms with Crippen molar-refractivity contribution in [3.63, 3.8) is 0 Å². The normalized spacial score (nSPS) is 12.0. The van der Waals surface area contributed by atoms with Crippen LogP contribution in [-0.2, 0) is 4.79 Å². The van der Waals surface area contributed by atoms with Crippen LogP contribution in [0.3, 0.4) is 0 Å². The van der Waals surface area contributed by atoms with Gasteiger partial charge in [-0.25, -0.2) is 0 Å². The van der Waals surface area contributed by atoms with Gasteiger partial charge in [0, 0.05) is 0 Å². The lowest BCUT2D eigenvalue weighted by atomic mass is 10.0. The number of nitriles is 1. The number of rotatable bonds is 5. The summed E-state index contributed by atoms with van der Waals surface area (Å²) in [6, 6.07) is 1.89. The second kappa shape index (κ2) is 5.72. The number of hydrogen-bond acceptors (Lipinski definition) is 2. The first-order valence-corrected chi connectivity index (χ1v) is 3.91. The van der Waals surface area contributed by atoms with Crippen molar-refractivity contribution < 1.29 is 4.79 Å². The highest BCUT2D eigenvalue weighted by molar-refractivity contribution is 5.79. The molecule has 62 valence electrons. The van der Waals surface area contributed by atoms with Gasteiger partial charge in [-0.15, -0.1) is 0 Å². The van der Waals surface area contributed by atoms with Crippen molar-refractivity contribution >= 4 is 5.91 Å².